The molecule has 0 spiro atoms. The van der Waals surface area contributed by atoms with Crippen LogP contribution in [0.4, 0.5) is 0 Å². The minimum atomic E-state index is 0.210. The molecule has 4 heteroatoms. The predicted molar refractivity (Wildman–Crippen MR) is 70.7 cm³/mol. The van der Waals surface area contributed by atoms with Gasteiger partial charge < -0.3 is 5.32 Å². The third-order valence-corrected chi connectivity index (χ3v) is 4.61. The van der Waals surface area contributed by atoms with Gasteiger partial charge in [0.2, 0.25) is 5.91 Å². The summed E-state index contributed by atoms with van der Waals surface area (Å²) in [5.41, 5.74) is 0. The molecular weight excluding hydrogens is 274 g/mol. The van der Waals surface area contributed by atoms with Gasteiger partial charge in [-0.1, -0.05) is 29.8 Å². The molecule has 1 saturated heterocycles. The molecule has 2 atom stereocenters. The molecule has 2 nitrogen and oxygen atoms in total. The van der Waals surface area contributed by atoms with Crippen molar-refractivity contribution in [1.29, 1.82) is 0 Å². The summed E-state index contributed by atoms with van der Waals surface area (Å²) in [5.74, 6) is 1.90. The van der Waals surface area contributed by atoms with E-state index in [1.165, 1.54) is 6.42 Å². The number of amides is 1. The normalized spacial score (nSPS) is 23.1. The average molecular weight is 294 g/mol. The number of thioether (sulfide) groups is 1. The Kier molecular flexibility index (Phi) is 6.05. The minimum Gasteiger partial charge on any atom is -0.352 e. The molecule has 0 saturated carbocycles. The van der Waals surface area contributed by atoms with E-state index in [9.17, 15) is 4.79 Å². The molecule has 1 aliphatic rings. The molecule has 0 aromatic heterocycles. The van der Waals surface area contributed by atoms with Crippen molar-refractivity contribution in [2.75, 3.05) is 11.1 Å². The standard InChI is InChI=1S/C11H20BrNOS/c1-8(2)9(5-6-12)13-11(14)10-4-3-7-15-10/h8-10H,3-7H2,1-2H3,(H,13,14). The zero-order valence-electron chi connectivity index (χ0n) is 9.46. The lowest BCUT2D eigenvalue weighted by Crippen LogP contribution is -2.42. The third kappa shape index (κ3) is 4.35. The van der Waals surface area contributed by atoms with Gasteiger partial charge in [-0.3, -0.25) is 4.79 Å². The molecule has 0 aliphatic carbocycles. The van der Waals surface area contributed by atoms with Crippen LogP contribution in [0.15, 0.2) is 0 Å². The van der Waals surface area contributed by atoms with E-state index < -0.39 is 0 Å². The monoisotopic (exact) mass is 293 g/mol. The molecule has 1 aliphatic heterocycles. The van der Waals surface area contributed by atoms with Gasteiger partial charge in [0, 0.05) is 11.4 Å². The maximum absolute atomic E-state index is 11.9. The lowest BCUT2D eigenvalue weighted by atomic mass is 10.0. The van der Waals surface area contributed by atoms with Crippen molar-refractivity contribution in [2.45, 2.75) is 44.4 Å². The van der Waals surface area contributed by atoms with Gasteiger partial charge in [0.1, 0.15) is 0 Å². The molecule has 1 rings (SSSR count). The van der Waals surface area contributed by atoms with Crippen LogP contribution in [0.1, 0.15) is 33.1 Å². The average Bonchev–Trinajstić information content (AvgIpc) is 2.69. The van der Waals surface area contributed by atoms with Crippen molar-refractivity contribution in [3.63, 3.8) is 0 Å². The topological polar surface area (TPSA) is 29.1 Å². The first-order chi connectivity index (χ1) is 7.15. The highest BCUT2D eigenvalue weighted by Gasteiger charge is 2.25. The van der Waals surface area contributed by atoms with Crippen molar-refractivity contribution < 1.29 is 4.79 Å². The molecule has 1 heterocycles. The van der Waals surface area contributed by atoms with Gasteiger partial charge in [-0.15, -0.1) is 11.8 Å². The van der Waals surface area contributed by atoms with E-state index in [1.54, 1.807) is 11.8 Å². The van der Waals surface area contributed by atoms with Crippen LogP contribution in [0, 0.1) is 5.92 Å². The fourth-order valence-electron chi connectivity index (χ4n) is 1.75. The summed E-state index contributed by atoms with van der Waals surface area (Å²) in [5, 5.41) is 4.33. The van der Waals surface area contributed by atoms with Crippen LogP contribution >= 0.6 is 27.7 Å². The van der Waals surface area contributed by atoms with Crippen LogP contribution < -0.4 is 5.32 Å². The largest absolute Gasteiger partial charge is 0.352 e. The van der Waals surface area contributed by atoms with E-state index >= 15 is 0 Å². The minimum absolute atomic E-state index is 0.210. The maximum atomic E-state index is 11.9. The second-order valence-electron chi connectivity index (χ2n) is 4.34. The Morgan fingerprint density at radius 3 is 2.80 bits per heavy atom. The summed E-state index contributed by atoms with van der Waals surface area (Å²) in [4.78, 5) is 11.9. The van der Waals surface area contributed by atoms with E-state index in [2.05, 4.69) is 35.1 Å². The fourth-order valence-corrected chi connectivity index (χ4v) is 3.41. The van der Waals surface area contributed by atoms with E-state index in [4.69, 9.17) is 0 Å². The summed E-state index contributed by atoms with van der Waals surface area (Å²) in [6.07, 6.45) is 3.25. The lowest BCUT2D eigenvalue weighted by molar-refractivity contribution is -0.121. The van der Waals surface area contributed by atoms with Crippen molar-refractivity contribution in [1.82, 2.24) is 5.32 Å². The van der Waals surface area contributed by atoms with Crippen LogP contribution in [0.5, 0.6) is 0 Å². The number of alkyl halides is 1. The van der Waals surface area contributed by atoms with Gasteiger partial charge in [0.15, 0.2) is 0 Å². The predicted octanol–water partition coefficient (Wildman–Crippen LogP) is 2.81. The molecule has 15 heavy (non-hydrogen) atoms. The Balaban J connectivity index is 2.38. The Bertz CT molecular complexity index is 205. The first-order valence-electron chi connectivity index (χ1n) is 5.63. The van der Waals surface area contributed by atoms with Crippen LogP contribution in [0.2, 0.25) is 0 Å². The van der Waals surface area contributed by atoms with Crippen molar-refractivity contribution >= 4 is 33.6 Å². The Hall–Kier alpha value is 0.300. The molecule has 0 aromatic rings. The number of nitrogens with one attached hydrogen (secondary N) is 1. The van der Waals surface area contributed by atoms with Crippen molar-refractivity contribution in [2.24, 2.45) is 5.92 Å². The quantitative estimate of drug-likeness (QED) is 0.790. The van der Waals surface area contributed by atoms with E-state index in [-0.39, 0.29) is 11.2 Å². The van der Waals surface area contributed by atoms with Gasteiger partial charge in [-0.2, -0.15) is 0 Å². The molecule has 0 aromatic carbocycles. The smallest absolute Gasteiger partial charge is 0.233 e. The third-order valence-electron chi connectivity index (χ3n) is 2.77. The zero-order chi connectivity index (χ0) is 11.3. The van der Waals surface area contributed by atoms with Crippen LogP contribution in [-0.2, 0) is 4.79 Å². The van der Waals surface area contributed by atoms with E-state index in [0.29, 0.717) is 12.0 Å². The molecule has 0 radical (unpaired) electrons. The van der Waals surface area contributed by atoms with Gasteiger partial charge >= 0.3 is 0 Å². The number of halogens is 1. The lowest BCUT2D eigenvalue weighted by Gasteiger charge is -2.23. The van der Waals surface area contributed by atoms with Crippen LogP contribution in [0.3, 0.4) is 0 Å². The van der Waals surface area contributed by atoms with Crippen LogP contribution in [0.25, 0.3) is 0 Å². The summed E-state index contributed by atoms with van der Waals surface area (Å²) in [6, 6.07) is 0.318. The van der Waals surface area contributed by atoms with Gasteiger partial charge in [-0.05, 0) is 30.9 Å². The molecule has 0 bridgehead atoms. The Morgan fingerprint density at radius 2 is 2.33 bits per heavy atom. The summed E-state index contributed by atoms with van der Waals surface area (Å²) >= 11 is 5.23. The summed E-state index contributed by atoms with van der Waals surface area (Å²) in [6.45, 7) is 4.32. The van der Waals surface area contributed by atoms with Gasteiger partial charge in [0.05, 0.1) is 5.25 Å². The number of hydrogen-bond donors (Lipinski definition) is 1. The van der Waals surface area contributed by atoms with Crippen LogP contribution in [-0.4, -0.2) is 28.3 Å². The van der Waals surface area contributed by atoms with Crippen molar-refractivity contribution in [3.8, 4) is 0 Å². The second-order valence-corrected chi connectivity index (χ2v) is 6.44. The highest BCUT2D eigenvalue weighted by atomic mass is 79.9. The summed E-state index contributed by atoms with van der Waals surface area (Å²) in [7, 11) is 0. The van der Waals surface area contributed by atoms with Gasteiger partial charge in [-0.25, -0.2) is 0 Å². The van der Waals surface area contributed by atoms with Gasteiger partial charge in [0.25, 0.3) is 0 Å². The molecule has 1 fully saturated rings. The first kappa shape index (κ1) is 13.4. The molecule has 1 N–H and O–H groups in total. The number of carbonyl (C=O) groups is 1. The van der Waals surface area contributed by atoms with E-state index in [0.717, 1.165) is 23.9 Å². The SMILES string of the molecule is CC(C)C(CCBr)NC(=O)C1CCCS1. The van der Waals surface area contributed by atoms with Crippen molar-refractivity contribution in [3.05, 3.63) is 0 Å². The molecule has 2 unspecified atom stereocenters. The first-order valence-corrected chi connectivity index (χ1v) is 7.80. The molecule has 88 valence electrons. The summed E-state index contributed by atoms with van der Waals surface area (Å²) < 4.78 is 0. The maximum Gasteiger partial charge on any atom is 0.233 e. The number of carbonyl (C=O) groups excluding carboxylic acids is 1. The second kappa shape index (κ2) is 6.79. The Labute approximate surface area is 105 Å². The highest BCUT2D eigenvalue weighted by molar-refractivity contribution is 9.09. The zero-order valence-corrected chi connectivity index (χ0v) is 11.9. The molecule has 1 amide bonds. The fraction of sp³-hybridized carbons (Fsp3) is 0.909. The molecular formula is C11H20BrNOS. The Morgan fingerprint density at radius 1 is 1.60 bits per heavy atom. The number of hydrogen-bond acceptors (Lipinski definition) is 2. The highest BCUT2D eigenvalue weighted by Crippen LogP contribution is 2.26. The van der Waals surface area contributed by atoms with E-state index in [1.807, 2.05) is 0 Å². The number of rotatable bonds is 5.